The van der Waals surface area contributed by atoms with Crippen LogP contribution in [0.15, 0.2) is 18.3 Å². The molecule has 0 aliphatic heterocycles. The van der Waals surface area contributed by atoms with Crippen molar-refractivity contribution in [3.63, 3.8) is 0 Å². The molecule has 0 unspecified atom stereocenters. The minimum absolute atomic E-state index is 0.126. The molecule has 0 aromatic carbocycles. The smallest absolute Gasteiger partial charge is 0.329 e. The van der Waals surface area contributed by atoms with E-state index in [1.807, 2.05) is 0 Å². The lowest BCUT2D eigenvalue weighted by Crippen LogP contribution is -2.45. The predicted molar refractivity (Wildman–Crippen MR) is 65.5 cm³/mol. The van der Waals surface area contributed by atoms with Crippen LogP contribution in [-0.2, 0) is 4.79 Å². The van der Waals surface area contributed by atoms with E-state index in [-0.39, 0.29) is 11.5 Å². The summed E-state index contributed by atoms with van der Waals surface area (Å²) < 4.78 is 0. The minimum Gasteiger partial charge on any atom is -0.480 e. The second-order valence-corrected chi connectivity index (χ2v) is 3.88. The topological polar surface area (TPSA) is 105 Å². The molecular formula is C11H15N3O4. The summed E-state index contributed by atoms with van der Waals surface area (Å²) in [6.07, 6.45) is 1.98. The van der Waals surface area contributed by atoms with Crippen molar-refractivity contribution in [1.82, 2.24) is 4.98 Å². The van der Waals surface area contributed by atoms with Crippen LogP contribution in [0, 0.1) is 10.1 Å². The maximum atomic E-state index is 11.3. The maximum Gasteiger partial charge on any atom is 0.329 e. The first-order valence-corrected chi connectivity index (χ1v) is 5.57. The van der Waals surface area contributed by atoms with Gasteiger partial charge in [0.15, 0.2) is 0 Å². The Balaban J connectivity index is 3.05. The van der Waals surface area contributed by atoms with Crippen molar-refractivity contribution in [3.8, 4) is 0 Å². The minimum atomic E-state index is -1.15. The Morgan fingerprint density at radius 1 is 1.56 bits per heavy atom. The van der Waals surface area contributed by atoms with Crippen LogP contribution in [0.25, 0.3) is 0 Å². The second-order valence-electron chi connectivity index (χ2n) is 3.88. The number of aromatic nitrogens is 1. The Bertz CT molecular complexity index is 457. The van der Waals surface area contributed by atoms with Crippen molar-refractivity contribution in [3.05, 3.63) is 28.4 Å². The first-order valence-electron chi connectivity index (χ1n) is 5.57. The number of nitro groups is 1. The number of hydrogen-bond donors (Lipinski definition) is 2. The number of rotatable bonds is 6. The van der Waals surface area contributed by atoms with Gasteiger partial charge in [-0.3, -0.25) is 10.1 Å². The van der Waals surface area contributed by atoms with Gasteiger partial charge in [0.05, 0.1) is 11.0 Å². The average Bonchev–Trinajstić information content (AvgIpc) is 2.36. The highest BCUT2D eigenvalue weighted by Gasteiger charge is 2.35. The first kappa shape index (κ1) is 13.9. The molecule has 98 valence electrons. The third kappa shape index (κ3) is 2.73. The summed E-state index contributed by atoms with van der Waals surface area (Å²) >= 11 is 0. The van der Waals surface area contributed by atoms with E-state index in [0.717, 1.165) is 0 Å². The zero-order chi connectivity index (χ0) is 13.8. The van der Waals surface area contributed by atoms with Crippen LogP contribution in [0.4, 0.5) is 11.5 Å². The molecule has 1 aromatic rings. The van der Waals surface area contributed by atoms with Crippen molar-refractivity contribution in [2.75, 3.05) is 5.32 Å². The molecule has 0 fully saturated rings. The molecule has 0 radical (unpaired) electrons. The van der Waals surface area contributed by atoms with Gasteiger partial charge < -0.3 is 10.4 Å². The highest BCUT2D eigenvalue weighted by Crippen LogP contribution is 2.23. The number of anilines is 1. The van der Waals surface area contributed by atoms with Gasteiger partial charge in [-0.2, -0.15) is 0 Å². The molecule has 1 rings (SSSR count). The third-order valence-corrected chi connectivity index (χ3v) is 2.94. The molecule has 1 heterocycles. The fourth-order valence-electron chi connectivity index (χ4n) is 1.63. The van der Waals surface area contributed by atoms with E-state index in [1.165, 1.54) is 18.3 Å². The summed E-state index contributed by atoms with van der Waals surface area (Å²) in [4.78, 5) is 25.3. The summed E-state index contributed by atoms with van der Waals surface area (Å²) in [6, 6.07) is 2.48. The third-order valence-electron chi connectivity index (χ3n) is 2.94. The second kappa shape index (κ2) is 5.44. The Morgan fingerprint density at radius 3 is 2.61 bits per heavy atom. The molecule has 2 N–H and O–H groups in total. The van der Waals surface area contributed by atoms with Gasteiger partial charge in [-0.1, -0.05) is 13.8 Å². The SMILES string of the molecule is CCC(CC)(Nc1cc([N+](=O)[O-])ccn1)C(=O)O. The van der Waals surface area contributed by atoms with Crippen LogP contribution in [0.3, 0.4) is 0 Å². The van der Waals surface area contributed by atoms with Gasteiger partial charge in [-0.25, -0.2) is 9.78 Å². The number of aliphatic carboxylic acids is 1. The summed E-state index contributed by atoms with van der Waals surface area (Å²) in [5.74, 6) is -0.809. The molecule has 0 aliphatic rings. The van der Waals surface area contributed by atoms with E-state index in [4.69, 9.17) is 0 Å². The molecule has 1 aromatic heterocycles. The number of carbonyl (C=O) groups is 1. The number of carboxylic acid groups (broad SMARTS) is 1. The lowest BCUT2D eigenvalue weighted by Gasteiger charge is -2.28. The van der Waals surface area contributed by atoms with Gasteiger partial charge in [0, 0.05) is 12.3 Å². The summed E-state index contributed by atoms with van der Waals surface area (Å²) in [6.45, 7) is 3.48. The Labute approximate surface area is 104 Å². The Kier molecular flexibility index (Phi) is 4.19. The molecule has 0 bridgehead atoms. The molecule has 0 saturated carbocycles. The van der Waals surface area contributed by atoms with E-state index in [2.05, 4.69) is 10.3 Å². The maximum absolute atomic E-state index is 11.3. The number of nitrogens with one attached hydrogen (secondary N) is 1. The Hall–Kier alpha value is -2.18. The fourth-order valence-corrected chi connectivity index (χ4v) is 1.63. The van der Waals surface area contributed by atoms with Crippen molar-refractivity contribution in [1.29, 1.82) is 0 Å². The zero-order valence-electron chi connectivity index (χ0n) is 10.2. The number of carboxylic acids is 1. The van der Waals surface area contributed by atoms with E-state index >= 15 is 0 Å². The van der Waals surface area contributed by atoms with Crippen molar-refractivity contribution >= 4 is 17.5 Å². The van der Waals surface area contributed by atoms with Gasteiger partial charge in [0.1, 0.15) is 11.4 Å². The molecule has 18 heavy (non-hydrogen) atoms. The number of hydrogen-bond acceptors (Lipinski definition) is 5. The van der Waals surface area contributed by atoms with Crippen LogP contribution in [-0.4, -0.2) is 26.5 Å². The fraction of sp³-hybridized carbons (Fsp3) is 0.455. The van der Waals surface area contributed by atoms with Crippen LogP contribution >= 0.6 is 0 Å². The predicted octanol–water partition coefficient (Wildman–Crippen LogP) is 2.05. The molecule has 7 heteroatoms. The summed E-state index contributed by atoms with van der Waals surface area (Å²) in [5, 5.41) is 22.6. The van der Waals surface area contributed by atoms with E-state index in [1.54, 1.807) is 13.8 Å². The average molecular weight is 253 g/mol. The summed E-state index contributed by atoms with van der Waals surface area (Å²) in [7, 11) is 0. The number of nitrogens with zero attached hydrogens (tertiary/aromatic N) is 2. The van der Waals surface area contributed by atoms with Crippen molar-refractivity contribution in [2.24, 2.45) is 0 Å². The normalized spacial score (nSPS) is 11.0. The zero-order valence-corrected chi connectivity index (χ0v) is 10.2. The first-order chi connectivity index (χ1) is 8.45. The van der Waals surface area contributed by atoms with Gasteiger partial charge >= 0.3 is 5.97 Å². The van der Waals surface area contributed by atoms with Crippen molar-refractivity contribution < 1.29 is 14.8 Å². The van der Waals surface area contributed by atoms with Crippen LogP contribution in [0.1, 0.15) is 26.7 Å². The van der Waals surface area contributed by atoms with Crippen LogP contribution in [0.5, 0.6) is 0 Å². The van der Waals surface area contributed by atoms with Crippen LogP contribution in [0.2, 0.25) is 0 Å². The lowest BCUT2D eigenvalue weighted by molar-refractivity contribution is -0.384. The standard InChI is InChI=1S/C11H15N3O4/c1-3-11(4-2,10(15)16)13-9-7-8(14(17)18)5-6-12-9/h5-7H,3-4H2,1-2H3,(H,12,13)(H,15,16). The van der Waals surface area contributed by atoms with Gasteiger partial charge in [0.2, 0.25) is 0 Å². The van der Waals surface area contributed by atoms with Crippen LogP contribution < -0.4 is 5.32 Å². The highest BCUT2D eigenvalue weighted by atomic mass is 16.6. The monoisotopic (exact) mass is 253 g/mol. The molecule has 0 aliphatic carbocycles. The summed E-state index contributed by atoms with van der Waals surface area (Å²) in [5.41, 5.74) is -1.28. The highest BCUT2D eigenvalue weighted by molar-refractivity contribution is 5.82. The lowest BCUT2D eigenvalue weighted by atomic mass is 9.93. The van der Waals surface area contributed by atoms with Gasteiger partial charge in [0.25, 0.3) is 5.69 Å². The van der Waals surface area contributed by atoms with E-state index < -0.39 is 16.4 Å². The molecular weight excluding hydrogens is 238 g/mol. The van der Waals surface area contributed by atoms with Gasteiger partial charge in [-0.15, -0.1) is 0 Å². The Morgan fingerprint density at radius 2 is 2.17 bits per heavy atom. The van der Waals surface area contributed by atoms with E-state index in [0.29, 0.717) is 12.8 Å². The molecule has 0 spiro atoms. The van der Waals surface area contributed by atoms with Gasteiger partial charge in [-0.05, 0) is 12.8 Å². The van der Waals surface area contributed by atoms with Crippen molar-refractivity contribution in [2.45, 2.75) is 32.2 Å². The largest absolute Gasteiger partial charge is 0.480 e. The molecule has 7 nitrogen and oxygen atoms in total. The molecule has 0 saturated heterocycles. The molecule has 0 atom stereocenters. The van der Waals surface area contributed by atoms with E-state index in [9.17, 15) is 20.0 Å². The number of pyridine rings is 1. The quantitative estimate of drug-likeness (QED) is 0.593. The molecule has 0 amide bonds.